The Kier molecular flexibility index (Phi) is 2.39. The highest BCUT2D eigenvalue weighted by molar-refractivity contribution is 6.34. The van der Waals surface area contributed by atoms with Crippen LogP contribution in [-0.2, 0) is 10.2 Å². The Labute approximate surface area is 116 Å². The van der Waals surface area contributed by atoms with Crippen molar-refractivity contribution in [3.63, 3.8) is 0 Å². The van der Waals surface area contributed by atoms with E-state index in [4.69, 9.17) is 11.6 Å². The van der Waals surface area contributed by atoms with Gasteiger partial charge in [0.15, 0.2) is 0 Å². The molecule has 3 rings (SSSR count). The van der Waals surface area contributed by atoms with E-state index in [-0.39, 0.29) is 5.91 Å². The van der Waals surface area contributed by atoms with Gasteiger partial charge in [0.25, 0.3) is 0 Å². The largest absolute Gasteiger partial charge is 0.314 e. The zero-order chi connectivity index (χ0) is 13.9. The summed E-state index contributed by atoms with van der Waals surface area (Å²) in [6.45, 7) is 5.67. The topological polar surface area (TPSA) is 46.1 Å². The first-order chi connectivity index (χ1) is 8.82. The summed E-state index contributed by atoms with van der Waals surface area (Å²) in [5.41, 5.74) is 2.13. The number of benzene rings is 1. The predicted molar refractivity (Wildman–Crippen MR) is 75.7 cm³/mol. The fraction of sp³-hybridized carbons (Fsp3) is 0.357. The number of likely N-dealkylation sites (N-methyl/N-ethyl adjacent to an activating group) is 1. The number of aromatic nitrogens is 2. The van der Waals surface area contributed by atoms with Crippen molar-refractivity contribution in [3.8, 4) is 0 Å². The molecule has 1 aromatic heterocycles. The first-order valence-electron chi connectivity index (χ1n) is 6.09. The van der Waals surface area contributed by atoms with Crippen molar-refractivity contribution in [2.75, 3.05) is 11.9 Å². The van der Waals surface area contributed by atoms with E-state index in [1.807, 2.05) is 26.0 Å². The fourth-order valence-electron chi connectivity index (χ4n) is 2.66. The SMILES string of the molecule is Cc1nc(Cl)c2cc3c(cc2n1)C(C)(C)C(=O)N3C. The standard InChI is InChI=1S/C14H14ClN3O/c1-7-16-10-6-9-11(5-8(10)12(15)17-7)18(4)13(19)14(9,2)3/h5-6H,1-4H3. The normalized spacial score (nSPS) is 17.1. The number of carbonyl (C=O) groups excluding carboxylic acids is 1. The maximum absolute atomic E-state index is 12.3. The van der Waals surface area contributed by atoms with Crippen LogP contribution in [0.3, 0.4) is 0 Å². The summed E-state index contributed by atoms with van der Waals surface area (Å²) in [6, 6.07) is 3.85. The molecule has 1 amide bonds. The number of amides is 1. The lowest BCUT2D eigenvalue weighted by Gasteiger charge is -2.16. The minimum absolute atomic E-state index is 0.0820. The van der Waals surface area contributed by atoms with Crippen molar-refractivity contribution >= 4 is 34.1 Å². The van der Waals surface area contributed by atoms with E-state index in [1.165, 1.54) is 0 Å². The maximum atomic E-state index is 12.3. The highest BCUT2D eigenvalue weighted by Gasteiger charge is 2.42. The molecule has 0 N–H and O–H groups in total. The molecular formula is C14H14ClN3O. The molecule has 1 aliphatic heterocycles. The van der Waals surface area contributed by atoms with Crippen molar-refractivity contribution in [1.29, 1.82) is 0 Å². The van der Waals surface area contributed by atoms with Gasteiger partial charge in [-0.1, -0.05) is 11.6 Å². The molecule has 0 aliphatic carbocycles. The van der Waals surface area contributed by atoms with Gasteiger partial charge in [-0.2, -0.15) is 0 Å². The van der Waals surface area contributed by atoms with Crippen LogP contribution in [0.4, 0.5) is 5.69 Å². The zero-order valence-corrected chi connectivity index (χ0v) is 12.0. The summed E-state index contributed by atoms with van der Waals surface area (Å²) in [5.74, 6) is 0.714. The Morgan fingerprint density at radius 1 is 1.26 bits per heavy atom. The summed E-state index contributed by atoms with van der Waals surface area (Å²) in [7, 11) is 1.78. The van der Waals surface area contributed by atoms with Gasteiger partial charge in [-0.25, -0.2) is 9.97 Å². The lowest BCUT2D eigenvalue weighted by molar-refractivity contribution is -0.121. The highest BCUT2D eigenvalue weighted by Crippen LogP contribution is 2.43. The van der Waals surface area contributed by atoms with Gasteiger partial charge in [0.2, 0.25) is 5.91 Å². The molecule has 0 fully saturated rings. The van der Waals surface area contributed by atoms with E-state index >= 15 is 0 Å². The number of anilines is 1. The Hall–Kier alpha value is -1.68. The van der Waals surface area contributed by atoms with Gasteiger partial charge in [0.05, 0.1) is 10.9 Å². The van der Waals surface area contributed by atoms with Crippen LogP contribution in [0.5, 0.6) is 0 Å². The van der Waals surface area contributed by atoms with Crippen LogP contribution in [0.15, 0.2) is 12.1 Å². The van der Waals surface area contributed by atoms with E-state index in [9.17, 15) is 4.79 Å². The number of nitrogens with zero attached hydrogens (tertiary/aromatic N) is 3. The first-order valence-corrected chi connectivity index (χ1v) is 6.46. The van der Waals surface area contributed by atoms with Gasteiger partial charge >= 0.3 is 0 Å². The van der Waals surface area contributed by atoms with Gasteiger partial charge in [0, 0.05) is 18.1 Å². The molecule has 19 heavy (non-hydrogen) atoms. The van der Waals surface area contributed by atoms with Crippen LogP contribution in [-0.4, -0.2) is 22.9 Å². The van der Waals surface area contributed by atoms with Crippen molar-refractivity contribution < 1.29 is 4.79 Å². The molecule has 1 aliphatic rings. The number of carbonyl (C=O) groups is 1. The van der Waals surface area contributed by atoms with Gasteiger partial charge in [-0.3, -0.25) is 4.79 Å². The first kappa shape index (κ1) is 12.4. The van der Waals surface area contributed by atoms with Crippen molar-refractivity contribution in [2.24, 2.45) is 0 Å². The molecule has 0 bridgehead atoms. The molecule has 98 valence electrons. The second-order valence-corrected chi connectivity index (χ2v) is 5.80. The highest BCUT2D eigenvalue weighted by atomic mass is 35.5. The van der Waals surface area contributed by atoms with Gasteiger partial charge in [0.1, 0.15) is 11.0 Å². The number of hydrogen-bond acceptors (Lipinski definition) is 3. The van der Waals surface area contributed by atoms with Crippen LogP contribution >= 0.6 is 11.6 Å². The molecule has 0 saturated carbocycles. The second-order valence-electron chi connectivity index (χ2n) is 5.44. The fourth-order valence-corrected chi connectivity index (χ4v) is 2.93. The molecule has 0 unspecified atom stereocenters. The second kappa shape index (κ2) is 3.67. The smallest absolute Gasteiger partial charge is 0.236 e. The number of hydrogen-bond donors (Lipinski definition) is 0. The number of aryl methyl sites for hydroxylation is 1. The third-order valence-corrected chi connectivity index (χ3v) is 4.04. The average Bonchev–Trinajstić information content (AvgIpc) is 2.50. The zero-order valence-electron chi connectivity index (χ0n) is 11.3. The van der Waals surface area contributed by atoms with Crippen molar-refractivity contribution in [1.82, 2.24) is 9.97 Å². The summed E-state index contributed by atoms with van der Waals surface area (Å²) in [6.07, 6.45) is 0. The van der Waals surface area contributed by atoms with Crippen LogP contribution in [0.1, 0.15) is 25.2 Å². The van der Waals surface area contributed by atoms with Gasteiger partial charge in [-0.05, 0) is 38.5 Å². The Balaban J connectivity index is 2.40. The molecule has 2 aromatic rings. The van der Waals surface area contributed by atoms with E-state index < -0.39 is 5.41 Å². The number of halogens is 1. The molecule has 5 heteroatoms. The lowest BCUT2D eigenvalue weighted by Crippen LogP contribution is -2.33. The molecule has 0 radical (unpaired) electrons. The van der Waals surface area contributed by atoms with E-state index in [2.05, 4.69) is 9.97 Å². The Morgan fingerprint density at radius 3 is 2.63 bits per heavy atom. The van der Waals surface area contributed by atoms with E-state index in [1.54, 1.807) is 18.9 Å². The third kappa shape index (κ3) is 1.56. The lowest BCUT2D eigenvalue weighted by atomic mass is 9.86. The van der Waals surface area contributed by atoms with Crippen LogP contribution in [0, 0.1) is 6.92 Å². The van der Waals surface area contributed by atoms with Crippen molar-refractivity contribution in [3.05, 3.63) is 28.7 Å². The van der Waals surface area contributed by atoms with Crippen LogP contribution in [0.25, 0.3) is 10.9 Å². The summed E-state index contributed by atoms with van der Waals surface area (Å²) < 4.78 is 0. The summed E-state index contributed by atoms with van der Waals surface area (Å²) >= 11 is 6.16. The predicted octanol–water partition coefficient (Wildman–Crippen LogP) is 2.85. The quantitative estimate of drug-likeness (QED) is 0.695. The maximum Gasteiger partial charge on any atom is 0.236 e. The summed E-state index contributed by atoms with van der Waals surface area (Å²) in [4.78, 5) is 22.5. The average molecular weight is 276 g/mol. The summed E-state index contributed by atoms with van der Waals surface area (Å²) in [5, 5.41) is 1.21. The molecule has 4 nitrogen and oxygen atoms in total. The molecule has 0 atom stereocenters. The van der Waals surface area contributed by atoms with Gasteiger partial charge in [-0.15, -0.1) is 0 Å². The van der Waals surface area contributed by atoms with E-state index in [0.717, 1.165) is 22.2 Å². The Morgan fingerprint density at radius 2 is 1.95 bits per heavy atom. The van der Waals surface area contributed by atoms with Gasteiger partial charge < -0.3 is 4.90 Å². The number of rotatable bonds is 0. The van der Waals surface area contributed by atoms with Crippen LogP contribution in [0.2, 0.25) is 5.15 Å². The van der Waals surface area contributed by atoms with Crippen molar-refractivity contribution in [2.45, 2.75) is 26.2 Å². The monoisotopic (exact) mass is 275 g/mol. The minimum atomic E-state index is -0.524. The molecule has 2 heterocycles. The van der Waals surface area contributed by atoms with E-state index in [0.29, 0.717) is 11.0 Å². The molecule has 1 aromatic carbocycles. The Bertz CT molecular complexity index is 724. The minimum Gasteiger partial charge on any atom is -0.314 e. The third-order valence-electron chi connectivity index (χ3n) is 3.75. The molecular weight excluding hydrogens is 262 g/mol. The number of fused-ring (bicyclic) bond motifs is 2. The molecule has 0 spiro atoms. The molecule has 0 saturated heterocycles. The van der Waals surface area contributed by atoms with Crippen LogP contribution < -0.4 is 4.90 Å².